The molecule has 0 atom stereocenters. The van der Waals surface area contributed by atoms with Crippen LogP contribution in [0, 0.1) is 6.92 Å². The smallest absolute Gasteiger partial charge is 0.272 e. The highest BCUT2D eigenvalue weighted by molar-refractivity contribution is 7.09. The maximum absolute atomic E-state index is 11.9. The van der Waals surface area contributed by atoms with Crippen LogP contribution >= 0.6 is 22.9 Å². The lowest BCUT2D eigenvalue weighted by Gasteiger charge is -1.99. The number of hydrogen-bond acceptors (Lipinski definition) is 4. The van der Waals surface area contributed by atoms with Crippen molar-refractivity contribution in [1.82, 2.24) is 20.5 Å². The number of aryl methyl sites for hydroxylation is 1. The van der Waals surface area contributed by atoms with E-state index in [-0.39, 0.29) is 5.91 Å². The minimum absolute atomic E-state index is 0.215. The van der Waals surface area contributed by atoms with E-state index in [1.807, 2.05) is 36.6 Å². The van der Waals surface area contributed by atoms with Gasteiger partial charge in [-0.2, -0.15) is 5.10 Å². The summed E-state index contributed by atoms with van der Waals surface area (Å²) in [5.41, 5.74) is 3.11. The van der Waals surface area contributed by atoms with Crippen molar-refractivity contribution in [2.24, 2.45) is 0 Å². The number of nitrogens with one attached hydrogen (secondary N) is 2. The molecule has 22 heavy (non-hydrogen) atoms. The molecule has 0 unspecified atom stereocenters. The van der Waals surface area contributed by atoms with Crippen LogP contribution in [-0.2, 0) is 6.54 Å². The number of amides is 1. The van der Waals surface area contributed by atoms with E-state index >= 15 is 0 Å². The Kier molecular flexibility index (Phi) is 4.22. The Morgan fingerprint density at radius 3 is 2.82 bits per heavy atom. The summed E-state index contributed by atoms with van der Waals surface area (Å²) in [5.74, 6) is -0.215. The molecule has 2 N–H and O–H groups in total. The van der Waals surface area contributed by atoms with E-state index in [0.29, 0.717) is 17.3 Å². The molecule has 1 aromatic carbocycles. The second kappa shape index (κ2) is 6.29. The van der Waals surface area contributed by atoms with E-state index < -0.39 is 0 Å². The predicted molar refractivity (Wildman–Crippen MR) is 87.1 cm³/mol. The fourth-order valence-corrected chi connectivity index (χ4v) is 2.80. The molecule has 0 radical (unpaired) electrons. The molecule has 5 nitrogen and oxygen atoms in total. The largest absolute Gasteiger partial charge is 0.344 e. The molecule has 3 rings (SSSR count). The Morgan fingerprint density at radius 1 is 1.36 bits per heavy atom. The first-order valence-electron chi connectivity index (χ1n) is 6.62. The van der Waals surface area contributed by atoms with Crippen molar-refractivity contribution in [3.63, 3.8) is 0 Å². The molecule has 2 aromatic heterocycles. The third-order valence-electron chi connectivity index (χ3n) is 3.03. The average molecular weight is 333 g/mol. The van der Waals surface area contributed by atoms with Crippen molar-refractivity contribution in [2.45, 2.75) is 13.5 Å². The molecule has 0 saturated heterocycles. The summed E-state index contributed by atoms with van der Waals surface area (Å²) in [5, 5.41) is 13.0. The van der Waals surface area contributed by atoms with E-state index in [0.717, 1.165) is 22.0 Å². The average Bonchev–Trinajstić information content (AvgIpc) is 3.15. The molecule has 112 valence electrons. The highest BCUT2D eigenvalue weighted by Crippen LogP contribution is 2.23. The van der Waals surface area contributed by atoms with Crippen LogP contribution in [0.5, 0.6) is 0 Å². The number of hydrogen-bond donors (Lipinski definition) is 2. The zero-order valence-electron chi connectivity index (χ0n) is 11.8. The minimum Gasteiger partial charge on any atom is -0.344 e. The molecular weight excluding hydrogens is 320 g/mol. The Morgan fingerprint density at radius 2 is 2.14 bits per heavy atom. The Labute approximate surface area is 136 Å². The number of nitrogens with zero attached hydrogens (tertiary/aromatic N) is 2. The Hall–Kier alpha value is -2.18. The molecule has 0 bridgehead atoms. The number of aromatic nitrogens is 3. The number of carbonyl (C=O) groups is 1. The SMILES string of the molecule is Cc1cc(C(=O)NCc2nc(-c3ccc(Cl)cc3)cs2)n[nH]1. The number of thiazole rings is 1. The summed E-state index contributed by atoms with van der Waals surface area (Å²) < 4.78 is 0. The van der Waals surface area contributed by atoms with Gasteiger partial charge in [0.2, 0.25) is 0 Å². The van der Waals surface area contributed by atoms with Gasteiger partial charge in [0.1, 0.15) is 10.7 Å². The predicted octanol–water partition coefficient (Wildman–Crippen LogP) is 3.43. The standard InChI is InChI=1S/C15H13ClN4OS/c1-9-6-12(20-19-9)15(21)17-7-14-18-13(8-22-14)10-2-4-11(16)5-3-10/h2-6,8H,7H2,1H3,(H,17,21)(H,19,20). The van der Waals surface area contributed by atoms with Crippen molar-refractivity contribution in [3.05, 3.63) is 57.1 Å². The van der Waals surface area contributed by atoms with Gasteiger partial charge in [0.15, 0.2) is 0 Å². The molecule has 1 amide bonds. The van der Waals surface area contributed by atoms with Crippen LogP contribution in [-0.4, -0.2) is 21.1 Å². The van der Waals surface area contributed by atoms with Crippen LogP contribution in [0.25, 0.3) is 11.3 Å². The molecule has 3 aromatic rings. The summed E-state index contributed by atoms with van der Waals surface area (Å²) in [6, 6.07) is 9.21. The lowest BCUT2D eigenvalue weighted by molar-refractivity contribution is 0.0946. The van der Waals surface area contributed by atoms with Crippen LogP contribution < -0.4 is 5.32 Å². The van der Waals surface area contributed by atoms with Crippen molar-refractivity contribution in [3.8, 4) is 11.3 Å². The molecule has 0 fully saturated rings. The van der Waals surface area contributed by atoms with Crippen molar-refractivity contribution < 1.29 is 4.79 Å². The van der Waals surface area contributed by atoms with Crippen LogP contribution in [0.4, 0.5) is 0 Å². The molecule has 0 spiro atoms. The second-order valence-electron chi connectivity index (χ2n) is 4.75. The lowest BCUT2D eigenvalue weighted by Crippen LogP contribution is -2.23. The molecule has 0 aliphatic heterocycles. The van der Waals surface area contributed by atoms with Crippen LogP contribution in [0.15, 0.2) is 35.7 Å². The Bertz CT molecular complexity index is 794. The highest BCUT2D eigenvalue weighted by Gasteiger charge is 2.10. The first-order valence-corrected chi connectivity index (χ1v) is 7.88. The number of aromatic amines is 1. The van der Waals surface area contributed by atoms with Gasteiger partial charge in [0.25, 0.3) is 5.91 Å². The van der Waals surface area contributed by atoms with Gasteiger partial charge in [0, 0.05) is 21.7 Å². The van der Waals surface area contributed by atoms with Gasteiger partial charge in [-0.05, 0) is 25.1 Å². The molecular formula is C15H13ClN4OS. The number of halogens is 1. The number of H-pyrrole nitrogens is 1. The van der Waals surface area contributed by atoms with E-state index in [2.05, 4.69) is 20.5 Å². The van der Waals surface area contributed by atoms with Gasteiger partial charge in [-0.15, -0.1) is 11.3 Å². The summed E-state index contributed by atoms with van der Waals surface area (Å²) in [4.78, 5) is 16.4. The van der Waals surface area contributed by atoms with Crippen molar-refractivity contribution in [2.75, 3.05) is 0 Å². The molecule has 7 heteroatoms. The molecule has 0 aliphatic rings. The maximum Gasteiger partial charge on any atom is 0.272 e. The Balaban J connectivity index is 1.64. The van der Waals surface area contributed by atoms with E-state index in [4.69, 9.17) is 11.6 Å². The van der Waals surface area contributed by atoms with Crippen LogP contribution in [0.2, 0.25) is 5.02 Å². The third-order valence-corrected chi connectivity index (χ3v) is 4.13. The van der Waals surface area contributed by atoms with Gasteiger partial charge >= 0.3 is 0 Å². The number of rotatable bonds is 4. The molecule has 0 aliphatic carbocycles. The fourth-order valence-electron chi connectivity index (χ4n) is 1.93. The molecule has 0 saturated carbocycles. The zero-order chi connectivity index (χ0) is 15.5. The van der Waals surface area contributed by atoms with E-state index in [9.17, 15) is 4.79 Å². The first kappa shape index (κ1) is 14.7. The molecule has 2 heterocycles. The summed E-state index contributed by atoms with van der Waals surface area (Å²) >= 11 is 7.38. The van der Waals surface area contributed by atoms with Crippen molar-refractivity contribution in [1.29, 1.82) is 0 Å². The topological polar surface area (TPSA) is 70.7 Å². The van der Waals surface area contributed by atoms with Crippen LogP contribution in [0.3, 0.4) is 0 Å². The lowest BCUT2D eigenvalue weighted by atomic mass is 10.2. The zero-order valence-corrected chi connectivity index (χ0v) is 13.3. The summed E-state index contributed by atoms with van der Waals surface area (Å²) in [6.45, 7) is 2.23. The van der Waals surface area contributed by atoms with E-state index in [1.54, 1.807) is 6.07 Å². The normalized spacial score (nSPS) is 10.6. The van der Waals surface area contributed by atoms with Gasteiger partial charge in [-0.3, -0.25) is 9.89 Å². The number of benzene rings is 1. The fraction of sp³-hybridized carbons (Fsp3) is 0.133. The van der Waals surface area contributed by atoms with Crippen molar-refractivity contribution >= 4 is 28.8 Å². The summed E-state index contributed by atoms with van der Waals surface area (Å²) in [6.07, 6.45) is 0. The number of carbonyl (C=O) groups excluding carboxylic acids is 1. The second-order valence-corrected chi connectivity index (χ2v) is 6.13. The van der Waals surface area contributed by atoms with Crippen LogP contribution in [0.1, 0.15) is 21.2 Å². The minimum atomic E-state index is -0.215. The van der Waals surface area contributed by atoms with Gasteiger partial charge < -0.3 is 5.32 Å². The van der Waals surface area contributed by atoms with Gasteiger partial charge in [0.05, 0.1) is 12.2 Å². The van der Waals surface area contributed by atoms with Gasteiger partial charge in [-0.1, -0.05) is 23.7 Å². The van der Waals surface area contributed by atoms with Gasteiger partial charge in [-0.25, -0.2) is 4.98 Å². The maximum atomic E-state index is 11.9. The first-order chi connectivity index (χ1) is 10.6. The highest BCUT2D eigenvalue weighted by atomic mass is 35.5. The third kappa shape index (κ3) is 3.35. The van der Waals surface area contributed by atoms with E-state index in [1.165, 1.54) is 11.3 Å². The summed E-state index contributed by atoms with van der Waals surface area (Å²) in [7, 11) is 0. The quantitative estimate of drug-likeness (QED) is 0.769. The monoisotopic (exact) mass is 332 g/mol.